The molecule has 1 aromatic rings. The van der Waals surface area contributed by atoms with E-state index in [4.69, 9.17) is 4.18 Å². The van der Waals surface area contributed by atoms with Gasteiger partial charge in [-0.05, 0) is 38.5 Å². The molecule has 0 radical (unpaired) electrons. The molecule has 19 heavy (non-hydrogen) atoms. The molecule has 0 amide bonds. The fourth-order valence-corrected chi connectivity index (χ4v) is 1.90. The Morgan fingerprint density at radius 3 is 2.21 bits per heavy atom. The molecule has 2 N–H and O–H groups in total. The summed E-state index contributed by atoms with van der Waals surface area (Å²) in [6.07, 6.45) is 0.342. The fourth-order valence-electron chi connectivity index (χ4n) is 1.44. The summed E-state index contributed by atoms with van der Waals surface area (Å²) in [5.41, 5.74) is 0.637. The van der Waals surface area contributed by atoms with Gasteiger partial charge in [0, 0.05) is 12.1 Å². The minimum absolute atomic E-state index is 0.0691. The summed E-state index contributed by atoms with van der Waals surface area (Å²) in [7, 11) is -3.51. The van der Waals surface area contributed by atoms with E-state index < -0.39 is 16.2 Å². The molecule has 0 saturated heterocycles. The number of hydrogen-bond donors (Lipinski definition) is 2. The normalized spacial score (nSPS) is 14.2. The Labute approximate surface area is 114 Å². The van der Waals surface area contributed by atoms with Gasteiger partial charge in [0.05, 0.1) is 12.4 Å². The topological polar surface area (TPSA) is 75.6 Å². The highest BCUT2D eigenvalue weighted by molar-refractivity contribution is 7.86. The molecular formula is C13H21NO4S. The van der Waals surface area contributed by atoms with E-state index in [0.717, 1.165) is 6.26 Å². The van der Waals surface area contributed by atoms with Crippen LogP contribution in [-0.2, 0) is 10.1 Å². The molecular weight excluding hydrogens is 266 g/mol. The zero-order valence-electron chi connectivity index (χ0n) is 11.7. The van der Waals surface area contributed by atoms with Crippen molar-refractivity contribution >= 4 is 10.1 Å². The molecule has 1 atom stereocenters. The average molecular weight is 287 g/mol. The lowest BCUT2D eigenvalue weighted by Gasteiger charge is -2.23. The maximum Gasteiger partial charge on any atom is 0.306 e. The quantitative estimate of drug-likeness (QED) is 0.802. The molecule has 0 aliphatic carbocycles. The second-order valence-corrected chi connectivity index (χ2v) is 7.08. The second kappa shape index (κ2) is 5.90. The van der Waals surface area contributed by atoms with Gasteiger partial charge in [0.1, 0.15) is 5.75 Å². The van der Waals surface area contributed by atoms with E-state index in [0.29, 0.717) is 12.1 Å². The first kappa shape index (κ1) is 15.9. The van der Waals surface area contributed by atoms with Crippen LogP contribution in [0, 0.1) is 0 Å². The number of aliphatic hydroxyl groups excluding tert-OH is 1. The van der Waals surface area contributed by atoms with Crippen LogP contribution in [0.25, 0.3) is 0 Å². The van der Waals surface area contributed by atoms with Crippen LogP contribution < -0.4 is 9.50 Å². The first-order chi connectivity index (χ1) is 8.57. The number of benzene rings is 1. The Hall–Kier alpha value is -1.11. The van der Waals surface area contributed by atoms with Crippen LogP contribution in [0.2, 0.25) is 0 Å². The fraction of sp³-hybridized carbons (Fsp3) is 0.538. The maximum atomic E-state index is 11.0. The molecule has 0 bridgehead atoms. The minimum Gasteiger partial charge on any atom is -0.387 e. The van der Waals surface area contributed by atoms with Crippen LogP contribution in [-0.4, -0.2) is 31.9 Å². The van der Waals surface area contributed by atoms with E-state index in [1.54, 1.807) is 12.1 Å². The molecule has 1 aromatic carbocycles. The van der Waals surface area contributed by atoms with Crippen molar-refractivity contribution in [2.75, 3.05) is 12.8 Å². The van der Waals surface area contributed by atoms with Gasteiger partial charge < -0.3 is 14.6 Å². The monoisotopic (exact) mass is 287 g/mol. The molecule has 0 aromatic heterocycles. The van der Waals surface area contributed by atoms with E-state index in [-0.39, 0.29) is 11.3 Å². The number of hydrogen-bond acceptors (Lipinski definition) is 5. The van der Waals surface area contributed by atoms with Gasteiger partial charge in [-0.3, -0.25) is 0 Å². The molecule has 1 rings (SSSR count). The molecule has 1 unspecified atom stereocenters. The highest BCUT2D eigenvalue weighted by Crippen LogP contribution is 2.19. The zero-order chi connectivity index (χ0) is 14.7. The van der Waals surface area contributed by atoms with E-state index in [2.05, 4.69) is 5.32 Å². The predicted molar refractivity (Wildman–Crippen MR) is 74.6 cm³/mol. The average Bonchev–Trinajstić information content (AvgIpc) is 2.23. The van der Waals surface area contributed by atoms with E-state index in [1.165, 1.54) is 12.1 Å². The van der Waals surface area contributed by atoms with Crippen molar-refractivity contribution < 1.29 is 17.7 Å². The van der Waals surface area contributed by atoms with Gasteiger partial charge in [-0.25, -0.2) is 0 Å². The van der Waals surface area contributed by atoms with E-state index >= 15 is 0 Å². The highest BCUT2D eigenvalue weighted by Gasteiger charge is 2.14. The Kier molecular flexibility index (Phi) is 4.95. The standard InChI is InChI=1S/C13H21NO4S/c1-13(2,3)14-9-12(15)10-5-7-11(8-6-10)18-19(4,16)17/h5-8,12,14-15H,9H2,1-4H3. The third-order valence-corrected chi connectivity index (χ3v) is 2.83. The lowest BCUT2D eigenvalue weighted by atomic mass is 10.1. The Balaban J connectivity index is 2.65. The van der Waals surface area contributed by atoms with Crippen LogP contribution in [0.3, 0.4) is 0 Å². The Morgan fingerprint density at radius 1 is 1.26 bits per heavy atom. The third-order valence-electron chi connectivity index (χ3n) is 2.34. The van der Waals surface area contributed by atoms with Crippen LogP contribution in [0.4, 0.5) is 0 Å². The lowest BCUT2D eigenvalue weighted by molar-refractivity contribution is 0.163. The molecule has 0 aliphatic rings. The number of aliphatic hydroxyl groups is 1. The first-order valence-electron chi connectivity index (χ1n) is 5.99. The van der Waals surface area contributed by atoms with Gasteiger partial charge in [0.15, 0.2) is 0 Å². The SMILES string of the molecule is CC(C)(C)NCC(O)c1ccc(OS(C)(=O)=O)cc1. The Bertz CT molecular complexity index is 502. The summed E-state index contributed by atoms with van der Waals surface area (Å²) in [4.78, 5) is 0. The second-order valence-electron chi connectivity index (χ2n) is 5.50. The highest BCUT2D eigenvalue weighted by atomic mass is 32.2. The van der Waals surface area contributed by atoms with Crippen LogP contribution in [0.15, 0.2) is 24.3 Å². The summed E-state index contributed by atoms with van der Waals surface area (Å²) in [5, 5.41) is 13.2. The van der Waals surface area contributed by atoms with Gasteiger partial charge in [-0.1, -0.05) is 12.1 Å². The summed E-state index contributed by atoms with van der Waals surface area (Å²) in [6, 6.07) is 6.35. The first-order valence-corrected chi connectivity index (χ1v) is 7.81. The lowest BCUT2D eigenvalue weighted by Crippen LogP contribution is -2.38. The van der Waals surface area contributed by atoms with Crippen molar-refractivity contribution in [3.8, 4) is 5.75 Å². The van der Waals surface area contributed by atoms with Crippen molar-refractivity contribution in [2.45, 2.75) is 32.4 Å². The summed E-state index contributed by atoms with van der Waals surface area (Å²) >= 11 is 0. The van der Waals surface area contributed by atoms with E-state index in [9.17, 15) is 13.5 Å². The van der Waals surface area contributed by atoms with Gasteiger partial charge in [0.2, 0.25) is 0 Å². The summed E-state index contributed by atoms with van der Waals surface area (Å²) in [5.74, 6) is 0.238. The largest absolute Gasteiger partial charge is 0.387 e. The third kappa shape index (κ3) is 6.56. The molecule has 108 valence electrons. The van der Waals surface area contributed by atoms with Crippen molar-refractivity contribution in [3.05, 3.63) is 29.8 Å². The van der Waals surface area contributed by atoms with Crippen molar-refractivity contribution in [3.63, 3.8) is 0 Å². The Morgan fingerprint density at radius 2 is 1.79 bits per heavy atom. The predicted octanol–water partition coefficient (Wildman–Crippen LogP) is 1.45. The molecule has 0 fully saturated rings. The van der Waals surface area contributed by atoms with Gasteiger partial charge in [-0.2, -0.15) is 8.42 Å². The molecule has 0 spiro atoms. The smallest absolute Gasteiger partial charge is 0.306 e. The molecule has 6 heteroatoms. The molecule has 5 nitrogen and oxygen atoms in total. The van der Waals surface area contributed by atoms with Crippen molar-refractivity contribution in [1.82, 2.24) is 5.32 Å². The van der Waals surface area contributed by atoms with Gasteiger partial charge in [0.25, 0.3) is 0 Å². The number of β-amino-alcohol motifs (C(OH)–C–C–N with tert-alkyl or cyclic N) is 1. The zero-order valence-corrected chi connectivity index (χ0v) is 12.5. The minimum atomic E-state index is -3.51. The maximum absolute atomic E-state index is 11.0. The summed E-state index contributed by atoms with van der Waals surface area (Å²) in [6.45, 7) is 6.48. The molecule has 0 aliphatic heterocycles. The van der Waals surface area contributed by atoms with Crippen molar-refractivity contribution in [2.24, 2.45) is 0 Å². The van der Waals surface area contributed by atoms with Crippen molar-refractivity contribution in [1.29, 1.82) is 0 Å². The number of rotatable bonds is 5. The number of nitrogens with one attached hydrogen (secondary N) is 1. The molecule has 0 heterocycles. The van der Waals surface area contributed by atoms with Crippen LogP contribution in [0.1, 0.15) is 32.4 Å². The van der Waals surface area contributed by atoms with Gasteiger partial charge >= 0.3 is 10.1 Å². The van der Waals surface area contributed by atoms with Gasteiger partial charge in [-0.15, -0.1) is 0 Å². The van der Waals surface area contributed by atoms with Crippen LogP contribution >= 0.6 is 0 Å². The summed E-state index contributed by atoms with van der Waals surface area (Å²) < 4.78 is 26.6. The van der Waals surface area contributed by atoms with Crippen LogP contribution in [0.5, 0.6) is 5.75 Å². The van der Waals surface area contributed by atoms with E-state index in [1.807, 2.05) is 20.8 Å². The molecule has 0 saturated carbocycles.